The second-order valence-electron chi connectivity index (χ2n) is 12.6. The van der Waals surface area contributed by atoms with Gasteiger partial charge >= 0.3 is 0 Å². The van der Waals surface area contributed by atoms with Gasteiger partial charge in [-0.15, -0.1) is 0 Å². The summed E-state index contributed by atoms with van der Waals surface area (Å²) in [6, 6.07) is 39.9. The van der Waals surface area contributed by atoms with Crippen molar-refractivity contribution in [3.8, 4) is 5.75 Å². The lowest BCUT2D eigenvalue weighted by Crippen LogP contribution is -2.53. The van der Waals surface area contributed by atoms with E-state index in [2.05, 4.69) is 20.9 Å². The molecule has 55 heavy (non-hydrogen) atoms. The number of hydrogen-bond acceptors (Lipinski definition) is 10. The van der Waals surface area contributed by atoms with Crippen LogP contribution in [-0.2, 0) is 32.5 Å². The zero-order valence-corrected chi connectivity index (χ0v) is 31.5. The van der Waals surface area contributed by atoms with Crippen LogP contribution in [0.25, 0.3) is 10.4 Å². The summed E-state index contributed by atoms with van der Waals surface area (Å²) in [6.45, 7) is 0.561. The first-order valence-corrected chi connectivity index (χ1v) is 20.1. The van der Waals surface area contributed by atoms with E-state index in [-0.39, 0.29) is 36.9 Å². The Morgan fingerprint density at radius 3 is 2.31 bits per heavy atom. The molecule has 2 atom stereocenters. The molecule has 1 aliphatic rings. The number of carbonyl (C=O) groups is 1. The molecular formula is C41H40N6O6S2. The van der Waals surface area contributed by atoms with Crippen LogP contribution in [0, 0.1) is 0 Å². The van der Waals surface area contributed by atoms with Gasteiger partial charge in [-0.1, -0.05) is 95.7 Å². The molecule has 0 aromatic heterocycles. The second-order valence-corrected chi connectivity index (χ2v) is 15.8. The first-order chi connectivity index (χ1) is 26.8. The number of aliphatic imine (C=N–C) groups is 1. The van der Waals surface area contributed by atoms with Crippen molar-refractivity contribution in [1.82, 2.24) is 10.9 Å². The highest BCUT2D eigenvalue weighted by atomic mass is 32.2. The minimum Gasteiger partial charge on any atom is -0.494 e. The lowest BCUT2D eigenvalue weighted by Gasteiger charge is -2.31. The van der Waals surface area contributed by atoms with Crippen LogP contribution in [0.5, 0.6) is 5.75 Å². The smallest absolute Gasteiger partial charge is 0.266 e. The normalized spacial score (nSPS) is 16.4. The zero-order valence-electron chi connectivity index (χ0n) is 29.8. The van der Waals surface area contributed by atoms with Crippen LogP contribution >= 0.6 is 11.8 Å². The predicted octanol–water partition coefficient (Wildman–Crippen LogP) is 7.35. The Morgan fingerprint density at radius 2 is 1.58 bits per heavy atom. The molecule has 0 aliphatic carbocycles. The van der Waals surface area contributed by atoms with E-state index in [0.717, 1.165) is 15.4 Å². The van der Waals surface area contributed by atoms with Crippen LogP contribution in [0.2, 0.25) is 0 Å². The van der Waals surface area contributed by atoms with Crippen LogP contribution in [0.15, 0.2) is 158 Å². The number of rotatable bonds is 18. The van der Waals surface area contributed by atoms with E-state index >= 15 is 0 Å². The van der Waals surface area contributed by atoms with Gasteiger partial charge in [0, 0.05) is 46.3 Å². The Morgan fingerprint density at radius 1 is 0.909 bits per heavy atom. The van der Waals surface area contributed by atoms with Gasteiger partial charge in [-0.05, 0) is 76.8 Å². The third-order valence-corrected chi connectivity index (χ3v) is 11.8. The maximum absolute atomic E-state index is 14.8. The van der Waals surface area contributed by atoms with Crippen LogP contribution in [0.4, 0.5) is 0 Å². The van der Waals surface area contributed by atoms with Crippen molar-refractivity contribution in [2.75, 3.05) is 19.0 Å². The molecule has 0 radical (unpaired) electrons. The fourth-order valence-electron chi connectivity index (χ4n) is 6.12. The Labute approximate surface area is 324 Å². The molecule has 12 nitrogen and oxygen atoms in total. The molecule has 0 fully saturated rings. The van der Waals surface area contributed by atoms with Gasteiger partial charge in [0.25, 0.3) is 5.91 Å². The van der Waals surface area contributed by atoms with E-state index in [1.165, 1.54) is 12.1 Å². The Bertz CT molecular complexity index is 2250. The van der Waals surface area contributed by atoms with Crippen molar-refractivity contribution in [3.63, 3.8) is 0 Å². The number of hydrazine groups is 1. The largest absolute Gasteiger partial charge is 0.494 e. The maximum Gasteiger partial charge on any atom is 0.266 e. The van der Waals surface area contributed by atoms with E-state index in [1.807, 2.05) is 54.6 Å². The third kappa shape index (κ3) is 9.73. The first-order valence-electron chi connectivity index (χ1n) is 17.6. The summed E-state index contributed by atoms with van der Waals surface area (Å²) in [7, 11) is -3.88. The number of nitrogens with one attached hydrogen (secondary N) is 2. The number of hydrogen-bond donors (Lipinski definition) is 3. The van der Waals surface area contributed by atoms with E-state index in [4.69, 9.17) is 19.6 Å². The molecule has 14 heteroatoms. The van der Waals surface area contributed by atoms with E-state index in [0.29, 0.717) is 35.5 Å². The molecule has 1 aliphatic heterocycles. The van der Waals surface area contributed by atoms with Crippen LogP contribution in [-0.4, -0.2) is 49.8 Å². The number of ether oxygens (including phenoxy) is 2. The number of aliphatic hydroxyl groups excluding tert-OH is 1. The van der Waals surface area contributed by atoms with Crippen LogP contribution in [0.1, 0.15) is 41.2 Å². The maximum atomic E-state index is 14.8. The average Bonchev–Trinajstić information content (AvgIpc) is 3.62. The molecule has 6 rings (SSSR count). The van der Waals surface area contributed by atoms with Gasteiger partial charge < -0.3 is 14.6 Å². The number of carbonyl (C=O) groups excluding carboxylic acids is 1. The number of azide groups is 1. The summed E-state index contributed by atoms with van der Waals surface area (Å²) in [5, 5.41) is 12.9. The Kier molecular flexibility index (Phi) is 13.2. The molecule has 3 N–H and O–H groups in total. The van der Waals surface area contributed by atoms with Crippen molar-refractivity contribution in [3.05, 3.63) is 166 Å². The average molecular weight is 777 g/mol. The van der Waals surface area contributed by atoms with E-state index < -0.39 is 33.1 Å². The predicted molar refractivity (Wildman–Crippen MR) is 211 cm³/mol. The molecule has 5 aromatic rings. The highest BCUT2D eigenvalue weighted by Crippen LogP contribution is 2.44. The van der Waals surface area contributed by atoms with Crippen molar-refractivity contribution in [2.24, 2.45) is 10.1 Å². The highest BCUT2D eigenvalue weighted by Gasteiger charge is 2.54. The van der Waals surface area contributed by atoms with Gasteiger partial charge in [0.1, 0.15) is 5.75 Å². The summed E-state index contributed by atoms with van der Waals surface area (Å²) in [6.07, 6.45) is -0.879. The zero-order chi connectivity index (χ0) is 38.5. The SMILES string of the molecule is [N-]=[N+]=NCc1ccccc1[C@@H]1OC(c2ccc(OCCCO)cc2)=N[C@]1(CCS(=O)(=O)c1ccccc1)C(=O)NNCc1ccccc1Sc1ccccc1. The van der Waals surface area contributed by atoms with Crippen LogP contribution < -0.4 is 15.6 Å². The Balaban J connectivity index is 1.37. The van der Waals surface area contributed by atoms with Crippen molar-refractivity contribution >= 4 is 33.4 Å². The summed E-state index contributed by atoms with van der Waals surface area (Å²) in [5.41, 5.74) is 15.9. The molecule has 5 aromatic carbocycles. The molecule has 1 amide bonds. The monoisotopic (exact) mass is 776 g/mol. The molecular weight excluding hydrogens is 737 g/mol. The van der Waals surface area contributed by atoms with Crippen molar-refractivity contribution < 1.29 is 27.8 Å². The van der Waals surface area contributed by atoms with Gasteiger partial charge in [-0.3, -0.25) is 10.2 Å². The lowest BCUT2D eigenvalue weighted by atomic mass is 9.83. The minimum atomic E-state index is -3.88. The van der Waals surface area contributed by atoms with Gasteiger partial charge in [0.2, 0.25) is 5.90 Å². The molecule has 282 valence electrons. The molecule has 0 saturated carbocycles. The van der Waals surface area contributed by atoms with Crippen molar-refractivity contribution in [2.45, 2.75) is 52.3 Å². The third-order valence-electron chi connectivity index (χ3n) is 8.95. The molecule has 0 unspecified atom stereocenters. The fourth-order valence-corrected chi connectivity index (χ4v) is 8.47. The number of benzene rings is 5. The van der Waals surface area contributed by atoms with E-state index in [1.54, 1.807) is 78.5 Å². The summed E-state index contributed by atoms with van der Waals surface area (Å²) >= 11 is 1.60. The minimum absolute atomic E-state index is 0.00340. The standard InChI is InChI=1S/C41H40N6O6S2/c42-47-44-28-31-12-7-9-18-36(31)38-41(24-27-55(50,51)35-16-5-2-6-17-35,45-39(53-38)30-20-22-33(23-21-30)52-26-11-25-48)40(49)46-43-29-32-13-8-10-19-37(32)54-34-14-3-1-4-15-34/h1-10,12-23,38,43,48H,11,24-29H2,(H,46,49)/t38-,41-/m0/s1. The van der Waals surface area contributed by atoms with Crippen molar-refractivity contribution in [1.29, 1.82) is 0 Å². The van der Waals surface area contributed by atoms with Gasteiger partial charge in [-0.25, -0.2) is 18.8 Å². The van der Waals surface area contributed by atoms with Gasteiger partial charge in [-0.2, -0.15) is 0 Å². The first kappa shape index (κ1) is 39.1. The topological polar surface area (TPSA) is 175 Å². The molecule has 1 heterocycles. The van der Waals surface area contributed by atoms with Crippen LogP contribution in [0.3, 0.4) is 0 Å². The number of sulfone groups is 1. The van der Waals surface area contributed by atoms with Gasteiger partial charge in [0.05, 0.1) is 23.8 Å². The Hall–Kier alpha value is -5.63. The lowest BCUT2D eigenvalue weighted by molar-refractivity contribution is -0.130. The summed E-state index contributed by atoms with van der Waals surface area (Å²) in [5.74, 6) is -0.331. The number of amides is 1. The molecule has 0 spiro atoms. The summed E-state index contributed by atoms with van der Waals surface area (Å²) in [4.78, 5) is 24.9. The number of aliphatic hydroxyl groups is 1. The fraction of sp³-hybridized carbons (Fsp3) is 0.220. The van der Waals surface area contributed by atoms with Gasteiger partial charge in [0.15, 0.2) is 21.5 Å². The second kappa shape index (κ2) is 18.6. The molecule has 0 saturated heterocycles. The number of nitrogens with zero attached hydrogens (tertiary/aromatic N) is 4. The highest BCUT2D eigenvalue weighted by molar-refractivity contribution is 7.99. The molecule has 0 bridgehead atoms. The quantitative estimate of drug-likeness (QED) is 0.0272. The summed E-state index contributed by atoms with van der Waals surface area (Å²) < 4.78 is 39.8. The van der Waals surface area contributed by atoms with E-state index in [9.17, 15) is 18.7 Å².